The fraction of sp³-hybridized carbons (Fsp3) is 0.400. The molecule has 1 heterocycles. The quantitative estimate of drug-likeness (QED) is 0.554. The van der Waals surface area contributed by atoms with Gasteiger partial charge in [0.1, 0.15) is 5.69 Å². The first-order valence-corrected chi connectivity index (χ1v) is 6.61. The molecule has 94 valence electrons. The van der Waals surface area contributed by atoms with E-state index in [1.165, 1.54) is 6.20 Å². The summed E-state index contributed by atoms with van der Waals surface area (Å²) in [6, 6.07) is 0. The van der Waals surface area contributed by atoms with Gasteiger partial charge in [0.05, 0.1) is 13.0 Å². The average Bonchev–Trinajstić information content (AvgIpc) is 2.25. The van der Waals surface area contributed by atoms with E-state index in [4.69, 9.17) is 4.74 Å². The third kappa shape index (κ3) is 3.84. The molecule has 1 rings (SSSR count). The Balaban J connectivity index is 3.10. The minimum Gasteiger partial charge on any atom is -0.466 e. The summed E-state index contributed by atoms with van der Waals surface area (Å²) in [6.45, 7) is 1.89. The highest BCUT2D eigenvalue weighted by molar-refractivity contribution is 14.1. The molecule has 0 saturated carbocycles. The molecule has 1 aromatic rings. The number of pyridine rings is 1. The van der Waals surface area contributed by atoms with Gasteiger partial charge in [0.2, 0.25) is 0 Å². The summed E-state index contributed by atoms with van der Waals surface area (Å²) in [5.41, 5.74) is -0.154. The highest BCUT2D eigenvalue weighted by Crippen LogP contribution is 2.29. The molecule has 7 heteroatoms. The Morgan fingerprint density at radius 3 is 2.82 bits per heavy atom. The fourth-order valence-corrected chi connectivity index (χ4v) is 2.18. The maximum absolute atomic E-state index is 12.7. The molecule has 0 N–H and O–H groups in total. The maximum Gasteiger partial charge on any atom is 0.310 e. The van der Waals surface area contributed by atoms with Crippen LogP contribution < -0.4 is 0 Å². The van der Waals surface area contributed by atoms with Gasteiger partial charge in [-0.1, -0.05) is 0 Å². The molecule has 0 aliphatic heterocycles. The van der Waals surface area contributed by atoms with Crippen molar-refractivity contribution in [1.29, 1.82) is 0 Å². The second kappa shape index (κ2) is 6.58. The molecule has 0 aromatic carbocycles. The maximum atomic E-state index is 12.7. The molecule has 0 radical (unpaired) electrons. The Hall–Kier alpha value is -0.310. The molecule has 0 unspecified atom stereocenters. The molecule has 0 aliphatic carbocycles. The van der Waals surface area contributed by atoms with Gasteiger partial charge in [-0.25, -0.2) is 8.78 Å². The van der Waals surface area contributed by atoms with Gasteiger partial charge in [0, 0.05) is 19.8 Å². The highest BCUT2D eigenvalue weighted by atomic mass is 127. The van der Waals surface area contributed by atoms with Crippen LogP contribution >= 0.6 is 38.5 Å². The third-order valence-electron chi connectivity index (χ3n) is 1.93. The van der Waals surface area contributed by atoms with Gasteiger partial charge in [0.25, 0.3) is 6.43 Å². The van der Waals surface area contributed by atoms with E-state index in [-0.39, 0.29) is 24.3 Å². The predicted molar refractivity (Wildman–Crippen MR) is 69.9 cm³/mol. The van der Waals surface area contributed by atoms with E-state index in [1.807, 2.05) is 22.6 Å². The highest BCUT2D eigenvalue weighted by Gasteiger charge is 2.21. The summed E-state index contributed by atoms with van der Waals surface area (Å²) >= 11 is 5.09. The number of nitrogens with zero attached hydrogens (tertiary/aromatic N) is 1. The zero-order valence-corrected chi connectivity index (χ0v) is 12.6. The van der Waals surface area contributed by atoms with Crippen LogP contribution in [0.3, 0.4) is 0 Å². The summed E-state index contributed by atoms with van der Waals surface area (Å²) in [6.07, 6.45) is -1.60. The van der Waals surface area contributed by atoms with E-state index in [1.54, 1.807) is 6.92 Å². The first-order chi connectivity index (χ1) is 7.97. The van der Waals surface area contributed by atoms with Crippen molar-refractivity contribution in [1.82, 2.24) is 4.98 Å². The fourth-order valence-electron chi connectivity index (χ4n) is 1.23. The lowest BCUT2D eigenvalue weighted by atomic mass is 10.1. The van der Waals surface area contributed by atoms with Gasteiger partial charge in [0.15, 0.2) is 0 Å². The topological polar surface area (TPSA) is 39.2 Å². The van der Waals surface area contributed by atoms with Crippen LogP contribution in [0.2, 0.25) is 0 Å². The summed E-state index contributed by atoms with van der Waals surface area (Å²) in [5.74, 6) is -0.535. The first-order valence-electron chi connectivity index (χ1n) is 4.73. The molecule has 0 atom stereocenters. The van der Waals surface area contributed by atoms with Crippen LogP contribution in [0.4, 0.5) is 8.78 Å². The predicted octanol–water partition coefficient (Wildman–Crippen LogP) is 3.49. The SMILES string of the molecule is CCOC(=O)Cc1c(C(F)F)ncc(Br)c1I. The van der Waals surface area contributed by atoms with E-state index < -0.39 is 12.4 Å². The van der Waals surface area contributed by atoms with Crippen molar-refractivity contribution in [2.24, 2.45) is 0 Å². The molecule has 1 aromatic heterocycles. The van der Waals surface area contributed by atoms with Crippen molar-refractivity contribution in [2.75, 3.05) is 6.61 Å². The zero-order chi connectivity index (χ0) is 13.0. The Kier molecular flexibility index (Phi) is 5.71. The molecule has 0 saturated heterocycles. The van der Waals surface area contributed by atoms with Gasteiger partial charge in [-0.15, -0.1) is 0 Å². The van der Waals surface area contributed by atoms with Crippen molar-refractivity contribution in [3.63, 3.8) is 0 Å². The van der Waals surface area contributed by atoms with Gasteiger partial charge in [-0.2, -0.15) is 0 Å². The van der Waals surface area contributed by atoms with E-state index in [9.17, 15) is 13.6 Å². The number of hydrogen-bond donors (Lipinski definition) is 0. The first kappa shape index (κ1) is 14.7. The molecule has 0 amide bonds. The Labute approximate surface area is 119 Å². The lowest BCUT2D eigenvalue weighted by Gasteiger charge is -2.11. The van der Waals surface area contributed by atoms with Crippen LogP contribution in [0.1, 0.15) is 24.6 Å². The number of halogens is 4. The van der Waals surface area contributed by atoms with E-state index >= 15 is 0 Å². The van der Waals surface area contributed by atoms with Crippen LogP contribution in [0.25, 0.3) is 0 Å². The summed E-state index contributed by atoms with van der Waals surface area (Å²) in [5, 5.41) is 0. The molecular weight excluding hydrogens is 411 g/mol. The lowest BCUT2D eigenvalue weighted by Crippen LogP contribution is -2.12. The summed E-state index contributed by atoms with van der Waals surface area (Å²) < 4.78 is 31.4. The minimum absolute atomic E-state index is 0.196. The number of esters is 1. The van der Waals surface area contributed by atoms with Gasteiger partial charge >= 0.3 is 5.97 Å². The Morgan fingerprint density at radius 2 is 2.29 bits per heavy atom. The van der Waals surface area contributed by atoms with E-state index in [2.05, 4.69) is 20.9 Å². The monoisotopic (exact) mass is 419 g/mol. The number of carbonyl (C=O) groups excluding carboxylic acids is 1. The lowest BCUT2D eigenvalue weighted by molar-refractivity contribution is -0.142. The zero-order valence-electron chi connectivity index (χ0n) is 8.84. The normalized spacial score (nSPS) is 10.7. The van der Waals surface area contributed by atoms with Crippen molar-refractivity contribution in [2.45, 2.75) is 19.8 Å². The smallest absolute Gasteiger partial charge is 0.310 e. The third-order valence-corrected chi connectivity index (χ3v) is 4.51. The molecule has 17 heavy (non-hydrogen) atoms. The number of aromatic nitrogens is 1. The number of hydrogen-bond acceptors (Lipinski definition) is 3. The van der Waals surface area contributed by atoms with Crippen LogP contribution in [0, 0.1) is 3.57 Å². The largest absolute Gasteiger partial charge is 0.466 e. The second-order valence-corrected chi connectivity index (χ2v) is 5.00. The Morgan fingerprint density at radius 1 is 1.65 bits per heavy atom. The van der Waals surface area contributed by atoms with Crippen LogP contribution in [-0.2, 0) is 16.0 Å². The van der Waals surface area contributed by atoms with Crippen LogP contribution in [0.15, 0.2) is 10.7 Å². The van der Waals surface area contributed by atoms with Gasteiger partial charge in [-0.05, 0) is 45.4 Å². The second-order valence-electron chi connectivity index (χ2n) is 3.07. The van der Waals surface area contributed by atoms with Crippen LogP contribution in [-0.4, -0.2) is 17.6 Å². The number of alkyl halides is 2. The molecule has 0 spiro atoms. The molecule has 3 nitrogen and oxygen atoms in total. The molecule has 0 aliphatic rings. The number of ether oxygens (including phenoxy) is 1. The van der Waals surface area contributed by atoms with Crippen molar-refractivity contribution in [3.8, 4) is 0 Å². The standard InChI is InChI=1S/C10H9BrF2INO2/c1-2-17-7(16)3-5-8(14)6(11)4-15-9(5)10(12)13/h4,10H,2-3H2,1H3. The molecule has 0 bridgehead atoms. The van der Waals surface area contributed by atoms with E-state index in [0.29, 0.717) is 8.04 Å². The number of carbonyl (C=O) groups is 1. The summed E-state index contributed by atoms with van der Waals surface area (Å²) in [7, 11) is 0. The van der Waals surface area contributed by atoms with Gasteiger partial charge in [-0.3, -0.25) is 9.78 Å². The van der Waals surface area contributed by atoms with Crippen molar-refractivity contribution in [3.05, 3.63) is 25.5 Å². The molecule has 0 fully saturated rings. The van der Waals surface area contributed by atoms with Crippen molar-refractivity contribution >= 4 is 44.5 Å². The van der Waals surface area contributed by atoms with Crippen LogP contribution in [0.5, 0.6) is 0 Å². The minimum atomic E-state index is -2.71. The number of rotatable bonds is 4. The average molecular weight is 420 g/mol. The van der Waals surface area contributed by atoms with E-state index in [0.717, 1.165) is 0 Å². The molecular formula is C10H9BrF2INO2. The summed E-state index contributed by atoms with van der Waals surface area (Å²) in [4.78, 5) is 15.0. The van der Waals surface area contributed by atoms with Gasteiger partial charge < -0.3 is 4.74 Å². The Bertz CT molecular complexity index is 429. The van der Waals surface area contributed by atoms with Crippen molar-refractivity contribution < 1.29 is 18.3 Å².